The lowest BCUT2D eigenvalue weighted by molar-refractivity contribution is -0.126. The van der Waals surface area contributed by atoms with Gasteiger partial charge in [0.2, 0.25) is 0 Å². The van der Waals surface area contributed by atoms with Gasteiger partial charge < -0.3 is 14.8 Å². The molecule has 0 fully saturated rings. The lowest BCUT2D eigenvalue weighted by Gasteiger charge is -2.08. The maximum Gasteiger partial charge on any atom is 0.166 e. The lowest BCUT2D eigenvalue weighted by atomic mass is 10.0. The molecule has 0 aromatic carbocycles. The molecule has 5 nitrogen and oxygen atoms in total. The Labute approximate surface area is 101 Å². The molecule has 0 atom stereocenters. The summed E-state index contributed by atoms with van der Waals surface area (Å²) in [4.78, 5) is 22.5. The van der Waals surface area contributed by atoms with E-state index in [9.17, 15) is 9.59 Å². The number of likely N-dealkylation sites (N-methyl/N-ethyl adjacent to an activating group) is 1. The normalized spacial score (nSPS) is 16.1. The third-order valence-corrected chi connectivity index (χ3v) is 2.52. The van der Waals surface area contributed by atoms with Gasteiger partial charge in [-0.1, -0.05) is 0 Å². The number of allylic oxidation sites excluding steroid dienone is 2. The summed E-state index contributed by atoms with van der Waals surface area (Å²) >= 11 is 0. The van der Waals surface area contributed by atoms with Crippen LogP contribution < -0.4 is 5.32 Å². The van der Waals surface area contributed by atoms with Gasteiger partial charge in [0.25, 0.3) is 0 Å². The molecule has 0 saturated heterocycles. The van der Waals surface area contributed by atoms with Crippen LogP contribution >= 0.6 is 0 Å². The van der Waals surface area contributed by atoms with Crippen LogP contribution in [0, 0.1) is 5.92 Å². The highest BCUT2D eigenvalue weighted by atomic mass is 16.5. The summed E-state index contributed by atoms with van der Waals surface area (Å²) in [5, 5.41) is 2.97. The molecule has 0 aromatic rings. The van der Waals surface area contributed by atoms with Crippen molar-refractivity contribution >= 4 is 11.6 Å². The van der Waals surface area contributed by atoms with Gasteiger partial charge in [-0.05, 0) is 25.6 Å². The highest BCUT2D eigenvalue weighted by Gasteiger charge is 2.27. The van der Waals surface area contributed by atoms with E-state index in [4.69, 9.17) is 9.47 Å². The molecular formula is C12H19NO4. The molecule has 5 heteroatoms. The topological polar surface area (TPSA) is 64.6 Å². The van der Waals surface area contributed by atoms with E-state index < -0.39 is 5.92 Å². The monoisotopic (exact) mass is 241 g/mol. The van der Waals surface area contributed by atoms with Crippen LogP contribution in [0.25, 0.3) is 0 Å². The van der Waals surface area contributed by atoms with Gasteiger partial charge in [-0.15, -0.1) is 0 Å². The van der Waals surface area contributed by atoms with E-state index in [-0.39, 0.29) is 11.6 Å². The van der Waals surface area contributed by atoms with Crippen molar-refractivity contribution in [3.8, 4) is 0 Å². The van der Waals surface area contributed by atoms with E-state index >= 15 is 0 Å². The molecule has 0 amide bonds. The summed E-state index contributed by atoms with van der Waals surface area (Å²) in [6, 6.07) is 0. The number of hydrogen-bond donors (Lipinski definition) is 1. The van der Waals surface area contributed by atoms with Crippen molar-refractivity contribution in [2.45, 2.75) is 6.42 Å². The van der Waals surface area contributed by atoms with Gasteiger partial charge in [0.1, 0.15) is 0 Å². The van der Waals surface area contributed by atoms with Gasteiger partial charge in [0, 0.05) is 13.2 Å². The first-order valence-corrected chi connectivity index (χ1v) is 5.81. The molecule has 0 unspecified atom stereocenters. The number of carbonyl (C=O) groups is 2. The first-order valence-electron chi connectivity index (χ1n) is 5.81. The Hall–Kier alpha value is -1.04. The van der Waals surface area contributed by atoms with Gasteiger partial charge in [0.05, 0.1) is 25.7 Å². The van der Waals surface area contributed by atoms with Crippen LogP contribution in [0.5, 0.6) is 0 Å². The Balaban J connectivity index is 1.94. The Morgan fingerprint density at radius 2 is 1.65 bits per heavy atom. The number of ketones is 2. The number of nitrogens with one attached hydrogen (secondary N) is 1. The summed E-state index contributed by atoms with van der Waals surface area (Å²) in [5.41, 5.74) is 0. The van der Waals surface area contributed by atoms with Crippen molar-refractivity contribution in [1.29, 1.82) is 0 Å². The van der Waals surface area contributed by atoms with Gasteiger partial charge >= 0.3 is 0 Å². The molecule has 0 heterocycles. The molecular weight excluding hydrogens is 222 g/mol. The fraction of sp³-hybridized carbons (Fsp3) is 0.667. The minimum absolute atomic E-state index is 0.108. The van der Waals surface area contributed by atoms with Crippen LogP contribution in [-0.4, -0.2) is 51.6 Å². The molecule has 17 heavy (non-hydrogen) atoms. The van der Waals surface area contributed by atoms with E-state index in [1.54, 1.807) is 0 Å². The fourth-order valence-electron chi connectivity index (χ4n) is 1.52. The minimum atomic E-state index is -0.514. The largest absolute Gasteiger partial charge is 0.379 e. The molecule has 0 radical (unpaired) electrons. The first kappa shape index (κ1) is 14.0. The number of hydrogen-bond acceptors (Lipinski definition) is 5. The maximum atomic E-state index is 11.2. The average Bonchev–Trinajstić information content (AvgIpc) is 2.63. The lowest BCUT2D eigenvalue weighted by Crippen LogP contribution is -2.19. The zero-order valence-corrected chi connectivity index (χ0v) is 10.1. The molecule has 0 aromatic heterocycles. The van der Waals surface area contributed by atoms with Crippen LogP contribution in [0.3, 0.4) is 0 Å². The highest BCUT2D eigenvalue weighted by molar-refractivity contribution is 6.18. The van der Waals surface area contributed by atoms with Crippen molar-refractivity contribution in [2.75, 3.05) is 40.0 Å². The summed E-state index contributed by atoms with van der Waals surface area (Å²) in [7, 11) is 1.86. The molecule has 1 aliphatic carbocycles. The van der Waals surface area contributed by atoms with Crippen LogP contribution in [0.4, 0.5) is 0 Å². The summed E-state index contributed by atoms with van der Waals surface area (Å²) in [6.45, 7) is 2.91. The minimum Gasteiger partial charge on any atom is -0.379 e. The second kappa shape index (κ2) is 8.11. The Kier molecular flexibility index (Phi) is 6.69. The van der Waals surface area contributed by atoms with Gasteiger partial charge in [0.15, 0.2) is 11.6 Å². The molecule has 1 aliphatic rings. The summed E-state index contributed by atoms with van der Waals surface area (Å²) < 4.78 is 10.5. The van der Waals surface area contributed by atoms with Gasteiger partial charge in [-0.3, -0.25) is 9.59 Å². The zero-order chi connectivity index (χ0) is 12.5. The van der Waals surface area contributed by atoms with E-state index in [1.165, 1.54) is 12.2 Å². The van der Waals surface area contributed by atoms with Crippen LogP contribution in [-0.2, 0) is 19.1 Å². The molecule has 1 rings (SSSR count). The Morgan fingerprint density at radius 1 is 1.06 bits per heavy atom. The number of carbonyl (C=O) groups excluding carboxylic acids is 2. The standard InChI is InChI=1S/C12H19NO4/c1-13-5-7-17-9-8-16-6-4-10-11(14)2-3-12(10)15/h2-3,10,13H,4-9H2,1H3. The van der Waals surface area contributed by atoms with E-state index in [1.807, 2.05) is 7.05 Å². The van der Waals surface area contributed by atoms with Gasteiger partial charge in [-0.25, -0.2) is 0 Å². The Bertz CT molecular complexity index is 270. The van der Waals surface area contributed by atoms with Crippen molar-refractivity contribution in [3.05, 3.63) is 12.2 Å². The van der Waals surface area contributed by atoms with E-state index in [0.717, 1.165) is 6.54 Å². The smallest absolute Gasteiger partial charge is 0.166 e. The summed E-state index contributed by atoms with van der Waals surface area (Å²) in [6.07, 6.45) is 3.14. The fourth-order valence-corrected chi connectivity index (χ4v) is 1.52. The predicted octanol–water partition coefficient (Wildman–Crippen LogP) is -0.0467. The van der Waals surface area contributed by atoms with Gasteiger partial charge in [-0.2, -0.15) is 0 Å². The SMILES string of the molecule is CNCCOCCOCCC1C(=O)C=CC1=O. The quantitative estimate of drug-likeness (QED) is 0.453. The Morgan fingerprint density at radius 3 is 2.24 bits per heavy atom. The second-order valence-electron chi connectivity index (χ2n) is 3.81. The van der Waals surface area contributed by atoms with E-state index in [0.29, 0.717) is 32.8 Å². The van der Waals surface area contributed by atoms with Crippen LogP contribution in [0.2, 0.25) is 0 Å². The van der Waals surface area contributed by atoms with Crippen LogP contribution in [0.1, 0.15) is 6.42 Å². The summed E-state index contributed by atoms with van der Waals surface area (Å²) in [5.74, 6) is -0.729. The molecule has 0 spiro atoms. The molecule has 96 valence electrons. The first-order chi connectivity index (χ1) is 8.25. The zero-order valence-electron chi connectivity index (χ0n) is 10.1. The molecule has 0 bridgehead atoms. The maximum absolute atomic E-state index is 11.2. The van der Waals surface area contributed by atoms with Crippen molar-refractivity contribution in [2.24, 2.45) is 5.92 Å². The second-order valence-corrected chi connectivity index (χ2v) is 3.81. The molecule has 1 N–H and O–H groups in total. The van der Waals surface area contributed by atoms with Crippen LogP contribution in [0.15, 0.2) is 12.2 Å². The number of rotatable bonds is 9. The third kappa shape index (κ3) is 5.21. The predicted molar refractivity (Wildman–Crippen MR) is 62.8 cm³/mol. The van der Waals surface area contributed by atoms with Crippen molar-refractivity contribution < 1.29 is 19.1 Å². The molecule has 0 saturated carbocycles. The molecule has 0 aliphatic heterocycles. The highest BCUT2D eigenvalue weighted by Crippen LogP contribution is 2.14. The van der Waals surface area contributed by atoms with E-state index in [2.05, 4.69) is 5.32 Å². The average molecular weight is 241 g/mol. The third-order valence-electron chi connectivity index (χ3n) is 2.52. The van der Waals surface area contributed by atoms with Crippen molar-refractivity contribution in [1.82, 2.24) is 5.32 Å². The van der Waals surface area contributed by atoms with Crippen molar-refractivity contribution in [3.63, 3.8) is 0 Å². The number of ether oxygens (including phenoxy) is 2.